The van der Waals surface area contributed by atoms with E-state index in [4.69, 9.17) is 0 Å². The zero-order valence-electron chi connectivity index (χ0n) is 15.2. The number of carboxylic acid groups (broad SMARTS) is 1. The highest BCUT2D eigenvalue weighted by atomic mass is 32.2. The zero-order chi connectivity index (χ0) is 19.9. The van der Waals surface area contributed by atoms with E-state index in [9.17, 15) is 18.3 Å². The Kier molecular flexibility index (Phi) is 4.43. The summed E-state index contributed by atoms with van der Waals surface area (Å²) in [5, 5.41) is 13.7. The van der Waals surface area contributed by atoms with Crippen LogP contribution >= 0.6 is 0 Å². The van der Waals surface area contributed by atoms with Crippen molar-refractivity contribution in [3.8, 4) is 5.69 Å². The van der Waals surface area contributed by atoms with E-state index in [-0.39, 0.29) is 16.4 Å². The van der Waals surface area contributed by atoms with Crippen molar-refractivity contribution in [1.29, 1.82) is 0 Å². The largest absolute Gasteiger partial charge is 0.478 e. The summed E-state index contributed by atoms with van der Waals surface area (Å²) in [5.74, 6) is -0.837. The lowest BCUT2D eigenvalue weighted by molar-refractivity contribution is 0.0695. The summed E-state index contributed by atoms with van der Waals surface area (Å²) in [5.41, 5.74) is 1.95. The molecule has 0 atom stereocenters. The van der Waals surface area contributed by atoms with Gasteiger partial charge in [0.05, 0.1) is 28.2 Å². The molecule has 3 aromatic rings. The maximum atomic E-state index is 12.9. The molecule has 2 aromatic carbocycles. The summed E-state index contributed by atoms with van der Waals surface area (Å²) >= 11 is 0. The van der Waals surface area contributed by atoms with Gasteiger partial charge in [0.2, 0.25) is 0 Å². The van der Waals surface area contributed by atoms with Gasteiger partial charge in [0.25, 0.3) is 10.0 Å². The number of aromatic nitrogens is 2. The predicted octanol–water partition coefficient (Wildman–Crippen LogP) is 3.27. The number of hydrogen-bond acceptors (Lipinski definition) is 4. The Bertz CT molecular complexity index is 1140. The number of benzene rings is 2. The van der Waals surface area contributed by atoms with E-state index in [0.29, 0.717) is 17.1 Å². The minimum atomic E-state index is -3.70. The minimum Gasteiger partial charge on any atom is -0.478 e. The van der Waals surface area contributed by atoms with Crippen LogP contribution in [0.3, 0.4) is 0 Å². The van der Waals surface area contributed by atoms with Gasteiger partial charge < -0.3 is 5.11 Å². The Morgan fingerprint density at radius 2 is 1.86 bits per heavy atom. The first-order chi connectivity index (χ1) is 13.4. The van der Waals surface area contributed by atoms with Crippen LogP contribution < -0.4 is 4.31 Å². The highest BCUT2D eigenvalue weighted by molar-refractivity contribution is 7.92. The van der Waals surface area contributed by atoms with Gasteiger partial charge >= 0.3 is 5.97 Å². The lowest BCUT2D eigenvalue weighted by Gasteiger charge is -2.20. The number of anilines is 1. The van der Waals surface area contributed by atoms with E-state index in [1.165, 1.54) is 17.5 Å². The Morgan fingerprint density at radius 1 is 1.14 bits per heavy atom. The third-order valence-electron chi connectivity index (χ3n) is 4.84. The van der Waals surface area contributed by atoms with Crippen molar-refractivity contribution in [2.75, 3.05) is 11.4 Å². The van der Waals surface area contributed by atoms with E-state index < -0.39 is 16.0 Å². The van der Waals surface area contributed by atoms with E-state index in [2.05, 4.69) is 5.10 Å². The number of hydrogen-bond donors (Lipinski definition) is 1. The summed E-state index contributed by atoms with van der Waals surface area (Å²) < 4.78 is 28.6. The molecule has 1 fully saturated rings. The summed E-state index contributed by atoms with van der Waals surface area (Å²) in [7, 11) is -2.21. The molecule has 1 heterocycles. The molecule has 7 nitrogen and oxygen atoms in total. The van der Waals surface area contributed by atoms with Gasteiger partial charge in [-0.25, -0.2) is 17.9 Å². The monoisotopic (exact) mass is 397 g/mol. The van der Waals surface area contributed by atoms with Crippen molar-refractivity contribution in [3.63, 3.8) is 0 Å². The Hall–Kier alpha value is -3.13. The number of carbonyl (C=O) groups is 1. The molecule has 0 unspecified atom stereocenters. The number of nitrogens with zero attached hydrogens (tertiary/aromatic N) is 3. The second kappa shape index (κ2) is 6.79. The molecule has 0 aliphatic heterocycles. The fraction of sp³-hybridized carbons (Fsp3) is 0.200. The molecule has 0 bridgehead atoms. The molecule has 1 aliphatic rings. The first-order valence-electron chi connectivity index (χ1n) is 8.85. The molecule has 0 radical (unpaired) electrons. The number of rotatable bonds is 6. The number of sulfonamides is 1. The standard InChI is InChI=1S/C20H19N3O4S/c1-22(28(26,27)17-8-3-2-4-9-17)15-6-5-7-16(12-15)23-19(14-10-11-14)18(13-21-23)20(24)25/h2-9,12-14H,10-11H2,1H3,(H,24,25). The Morgan fingerprint density at radius 3 is 2.50 bits per heavy atom. The predicted molar refractivity (Wildman–Crippen MR) is 105 cm³/mol. The van der Waals surface area contributed by atoms with E-state index in [1.807, 2.05) is 0 Å². The summed E-state index contributed by atoms with van der Waals surface area (Å²) in [6.07, 6.45) is 3.20. The topological polar surface area (TPSA) is 92.5 Å². The molecule has 4 rings (SSSR count). The van der Waals surface area contributed by atoms with E-state index >= 15 is 0 Å². The van der Waals surface area contributed by atoms with Crippen molar-refractivity contribution in [2.24, 2.45) is 0 Å². The van der Waals surface area contributed by atoms with Crippen LogP contribution in [0.1, 0.15) is 34.8 Å². The maximum Gasteiger partial charge on any atom is 0.339 e. The van der Waals surface area contributed by atoms with Gasteiger partial charge in [-0.15, -0.1) is 0 Å². The van der Waals surface area contributed by atoms with Crippen LogP contribution in [0.5, 0.6) is 0 Å². The van der Waals surface area contributed by atoms with Crippen LogP contribution in [0.4, 0.5) is 5.69 Å². The van der Waals surface area contributed by atoms with Crippen molar-refractivity contribution in [2.45, 2.75) is 23.7 Å². The maximum absolute atomic E-state index is 12.9. The SMILES string of the molecule is CN(c1cccc(-n2ncc(C(=O)O)c2C2CC2)c1)S(=O)(=O)c1ccccc1. The zero-order valence-corrected chi connectivity index (χ0v) is 16.0. The Balaban J connectivity index is 1.74. The lowest BCUT2D eigenvalue weighted by Crippen LogP contribution is -2.26. The molecule has 8 heteroatoms. The van der Waals surface area contributed by atoms with Crippen LogP contribution in [-0.2, 0) is 10.0 Å². The Labute approximate surface area is 162 Å². The van der Waals surface area contributed by atoms with Crippen LogP contribution in [0.15, 0.2) is 65.7 Å². The molecule has 144 valence electrons. The smallest absolute Gasteiger partial charge is 0.339 e. The molecule has 0 saturated heterocycles. The molecule has 1 aliphatic carbocycles. The van der Waals surface area contributed by atoms with Gasteiger partial charge in [-0.2, -0.15) is 5.10 Å². The van der Waals surface area contributed by atoms with Gasteiger partial charge in [-0.1, -0.05) is 24.3 Å². The minimum absolute atomic E-state index is 0.169. The van der Waals surface area contributed by atoms with Crippen LogP contribution in [-0.4, -0.2) is 36.3 Å². The van der Waals surface area contributed by atoms with Gasteiger partial charge in [-0.05, 0) is 43.2 Å². The molecule has 0 amide bonds. The molecular weight excluding hydrogens is 378 g/mol. The van der Waals surface area contributed by atoms with Crippen LogP contribution in [0.25, 0.3) is 5.69 Å². The molecule has 1 aromatic heterocycles. The quantitative estimate of drug-likeness (QED) is 0.689. The fourth-order valence-electron chi connectivity index (χ4n) is 3.19. The third kappa shape index (κ3) is 3.16. The first-order valence-corrected chi connectivity index (χ1v) is 10.3. The van der Waals surface area contributed by atoms with Crippen LogP contribution in [0.2, 0.25) is 0 Å². The average molecular weight is 397 g/mol. The second-order valence-electron chi connectivity index (χ2n) is 6.74. The number of aromatic carboxylic acids is 1. The molecule has 1 saturated carbocycles. The number of carboxylic acids is 1. The van der Waals surface area contributed by atoms with E-state index in [0.717, 1.165) is 12.8 Å². The van der Waals surface area contributed by atoms with Gasteiger partial charge in [0, 0.05) is 13.0 Å². The lowest BCUT2D eigenvalue weighted by atomic mass is 10.1. The summed E-state index contributed by atoms with van der Waals surface area (Å²) in [4.78, 5) is 11.7. The summed E-state index contributed by atoms with van der Waals surface area (Å²) in [6.45, 7) is 0. The first kappa shape index (κ1) is 18.2. The van der Waals surface area contributed by atoms with Gasteiger partial charge in [0.15, 0.2) is 0 Å². The average Bonchev–Trinajstić information content (AvgIpc) is 3.45. The third-order valence-corrected chi connectivity index (χ3v) is 6.64. The highest BCUT2D eigenvalue weighted by Crippen LogP contribution is 2.42. The van der Waals surface area contributed by atoms with Gasteiger partial charge in [0.1, 0.15) is 5.56 Å². The van der Waals surface area contributed by atoms with Gasteiger partial charge in [-0.3, -0.25) is 4.31 Å². The van der Waals surface area contributed by atoms with Crippen LogP contribution in [0, 0.1) is 0 Å². The van der Waals surface area contributed by atoms with E-state index in [1.54, 1.807) is 59.3 Å². The molecule has 28 heavy (non-hydrogen) atoms. The molecule has 0 spiro atoms. The molecule has 1 N–H and O–H groups in total. The molecular formula is C20H19N3O4S. The second-order valence-corrected chi connectivity index (χ2v) is 8.71. The summed E-state index contributed by atoms with van der Waals surface area (Å²) in [6, 6.07) is 15.1. The van der Waals surface area contributed by atoms with Crippen molar-refractivity contribution < 1.29 is 18.3 Å². The van der Waals surface area contributed by atoms with Crippen molar-refractivity contribution >= 4 is 21.7 Å². The van der Waals surface area contributed by atoms with Crippen molar-refractivity contribution in [3.05, 3.63) is 72.1 Å². The highest BCUT2D eigenvalue weighted by Gasteiger charge is 2.33. The fourth-order valence-corrected chi connectivity index (χ4v) is 4.40. The normalized spacial score (nSPS) is 14.0. The van der Waals surface area contributed by atoms with Crippen molar-refractivity contribution in [1.82, 2.24) is 9.78 Å².